The predicted octanol–water partition coefficient (Wildman–Crippen LogP) is 3.44. The lowest BCUT2D eigenvalue weighted by Gasteiger charge is -2.05. The van der Waals surface area contributed by atoms with Crippen molar-refractivity contribution in [2.75, 3.05) is 13.1 Å². The zero-order valence-electron chi connectivity index (χ0n) is 12.1. The van der Waals surface area contributed by atoms with Gasteiger partial charge >= 0.3 is 0 Å². The van der Waals surface area contributed by atoms with Crippen molar-refractivity contribution in [3.8, 4) is 10.6 Å². The molecule has 2 aromatic rings. The van der Waals surface area contributed by atoms with Gasteiger partial charge in [-0.1, -0.05) is 25.2 Å². The largest absolute Gasteiger partial charge is 0.316 e. The monoisotopic (exact) mass is 293 g/mol. The van der Waals surface area contributed by atoms with Crippen molar-refractivity contribution in [1.29, 1.82) is 0 Å². The van der Waals surface area contributed by atoms with Crippen LogP contribution >= 0.6 is 11.3 Å². The van der Waals surface area contributed by atoms with E-state index in [1.165, 1.54) is 23.5 Å². The van der Waals surface area contributed by atoms with Crippen LogP contribution in [0.1, 0.15) is 24.4 Å². The minimum atomic E-state index is -0.227. The number of halogens is 1. The first-order valence-corrected chi connectivity index (χ1v) is 7.67. The highest BCUT2D eigenvalue weighted by Gasteiger charge is 2.08. The Morgan fingerprint density at radius 1 is 1.25 bits per heavy atom. The third kappa shape index (κ3) is 4.35. The summed E-state index contributed by atoms with van der Waals surface area (Å²) in [5.41, 5.74) is 1.71. The predicted molar refractivity (Wildman–Crippen MR) is 81.5 cm³/mol. The number of hydrogen-bond donors (Lipinski definition) is 1. The zero-order chi connectivity index (χ0) is 14.5. The summed E-state index contributed by atoms with van der Waals surface area (Å²) in [6.45, 7) is 8.15. The Labute approximate surface area is 123 Å². The summed E-state index contributed by atoms with van der Waals surface area (Å²) in [6, 6.07) is 4.96. The summed E-state index contributed by atoms with van der Waals surface area (Å²) < 4.78 is 13.4. The molecule has 1 aromatic heterocycles. The second-order valence-electron chi connectivity index (χ2n) is 5.37. The van der Waals surface area contributed by atoms with E-state index in [2.05, 4.69) is 29.4 Å². The van der Waals surface area contributed by atoms with Crippen LogP contribution in [0.3, 0.4) is 0 Å². The fraction of sp³-hybridized carbons (Fsp3) is 0.467. The Morgan fingerprint density at radius 2 is 2.05 bits per heavy atom. The molecule has 3 nitrogen and oxygen atoms in total. The summed E-state index contributed by atoms with van der Waals surface area (Å²) in [5, 5.41) is 13.5. The zero-order valence-corrected chi connectivity index (χ0v) is 12.9. The summed E-state index contributed by atoms with van der Waals surface area (Å²) >= 11 is 1.53. The Bertz CT molecular complexity index is 546. The average molecular weight is 293 g/mol. The van der Waals surface area contributed by atoms with Gasteiger partial charge in [0.05, 0.1) is 0 Å². The molecule has 0 saturated heterocycles. The highest BCUT2D eigenvalue weighted by molar-refractivity contribution is 7.14. The molecule has 0 amide bonds. The molecular weight excluding hydrogens is 273 g/mol. The van der Waals surface area contributed by atoms with Crippen molar-refractivity contribution >= 4 is 11.3 Å². The second kappa shape index (κ2) is 6.90. The maximum Gasteiger partial charge on any atom is 0.147 e. The second-order valence-corrected chi connectivity index (χ2v) is 6.43. The fourth-order valence-electron chi connectivity index (χ4n) is 1.92. The van der Waals surface area contributed by atoms with Gasteiger partial charge in [-0.2, -0.15) is 0 Å². The first kappa shape index (κ1) is 15.1. The van der Waals surface area contributed by atoms with E-state index in [0.717, 1.165) is 40.7 Å². The molecule has 0 aliphatic heterocycles. The van der Waals surface area contributed by atoms with Gasteiger partial charge in [0.25, 0.3) is 0 Å². The molecule has 0 unspecified atom stereocenters. The average Bonchev–Trinajstić information content (AvgIpc) is 2.82. The van der Waals surface area contributed by atoms with Gasteiger partial charge in [0.1, 0.15) is 15.8 Å². The topological polar surface area (TPSA) is 37.8 Å². The van der Waals surface area contributed by atoms with Crippen LogP contribution in [0.15, 0.2) is 18.2 Å². The Morgan fingerprint density at radius 3 is 2.75 bits per heavy atom. The van der Waals surface area contributed by atoms with Gasteiger partial charge < -0.3 is 5.32 Å². The Balaban J connectivity index is 1.98. The van der Waals surface area contributed by atoms with Crippen LogP contribution in [-0.4, -0.2) is 23.3 Å². The fourth-order valence-corrected chi connectivity index (χ4v) is 2.74. The summed E-state index contributed by atoms with van der Waals surface area (Å²) in [7, 11) is 0. The van der Waals surface area contributed by atoms with Crippen molar-refractivity contribution in [3.05, 3.63) is 34.6 Å². The molecule has 0 saturated carbocycles. The first-order chi connectivity index (χ1) is 9.54. The van der Waals surface area contributed by atoms with Gasteiger partial charge in [-0.25, -0.2) is 4.39 Å². The van der Waals surface area contributed by atoms with Crippen molar-refractivity contribution in [2.24, 2.45) is 5.92 Å². The van der Waals surface area contributed by atoms with E-state index < -0.39 is 0 Å². The smallest absolute Gasteiger partial charge is 0.147 e. The normalized spacial score (nSPS) is 11.2. The molecule has 0 atom stereocenters. The quantitative estimate of drug-likeness (QED) is 0.829. The van der Waals surface area contributed by atoms with E-state index >= 15 is 0 Å². The van der Waals surface area contributed by atoms with Crippen LogP contribution in [0.5, 0.6) is 0 Å². The minimum absolute atomic E-state index is 0.227. The lowest BCUT2D eigenvalue weighted by molar-refractivity contribution is 0.553. The van der Waals surface area contributed by atoms with Crippen LogP contribution in [0.25, 0.3) is 10.6 Å². The lowest BCUT2D eigenvalue weighted by atomic mass is 10.1. The molecule has 0 aliphatic rings. The van der Waals surface area contributed by atoms with Crippen molar-refractivity contribution < 1.29 is 4.39 Å². The molecule has 0 spiro atoms. The van der Waals surface area contributed by atoms with E-state index in [1.807, 2.05) is 13.0 Å². The lowest BCUT2D eigenvalue weighted by Crippen LogP contribution is -2.22. The number of nitrogens with one attached hydrogen (secondary N) is 1. The van der Waals surface area contributed by atoms with Crippen molar-refractivity contribution in [2.45, 2.75) is 27.2 Å². The molecule has 1 heterocycles. The first-order valence-electron chi connectivity index (χ1n) is 6.85. The number of benzene rings is 1. The minimum Gasteiger partial charge on any atom is -0.316 e. The van der Waals surface area contributed by atoms with Gasteiger partial charge in [0, 0.05) is 18.5 Å². The van der Waals surface area contributed by atoms with Crippen molar-refractivity contribution in [1.82, 2.24) is 15.5 Å². The van der Waals surface area contributed by atoms with Crippen LogP contribution in [-0.2, 0) is 6.42 Å². The maximum absolute atomic E-state index is 13.4. The summed E-state index contributed by atoms with van der Waals surface area (Å²) in [4.78, 5) is 0. The van der Waals surface area contributed by atoms with Crippen LogP contribution in [0.2, 0.25) is 0 Å². The highest BCUT2D eigenvalue weighted by Crippen LogP contribution is 2.25. The molecule has 1 aromatic carbocycles. The number of aryl methyl sites for hydroxylation is 1. The highest BCUT2D eigenvalue weighted by atomic mass is 32.1. The molecule has 0 bridgehead atoms. The van der Waals surface area contributed by atoms with Crippen LogP contribution in [0.4, 0.5) is 4.39 Å². The number of aromatic nitrogens is 2. The Kier molecular flexibility index (Phi) is 5.20. The Hall–Kier alpha value is -1.33. The number of rotatable bonds is 6. The van der Waals surface area contributed by atoms with E-state index in [0.29, 0.717) is 5.92 Å². The maximum atomic E-state index is 13.4. The molecule has 20 heavy (non-hydrogen) atoms. The van der Waals surface area contributed by atoms with E-state index in [9.17, 15) is 4.39 Å². The van der Waals surface area contributed by atoms with E-state index in [1.54, 1.807) is 0 Å². The number of nitrogens with zero attached hydrogens (tertiary/aromatic N) is 2. The number of hydrogen-bond acceptors (Lipinski definition) is 4. The van der Waals surface area contributed by atoms with E-state index in [-0.39, 0.29) is 5.82 Å². The summed E-state index contributed by atoms with van der Waals surface area (Å²) in [6.07, 6.45) is 0.860. The molecule has 0 radical (unpaired) electrons. The molecule has 0 fully saturated rings. The van der Waals surface area contributed by atoms with Gasteiger partial charge in [-0.3, -0.25) is 0 Å². The van der Waals surface area contributed by atoms with Crippen molar-refractivity contribution in [3.63, 3.8) is 0 Å². The van der Waals surface area contributed by atoms with Gasteiger partial charge in [0.15, 0.2) is 0 Å². The molecule has 5 heteroatoms. The van der Waals surface area contributed by atoms with Gasteiger partial charge in [-0.05, 0) is 43.1 Å². The van der Waals surface area contributed by atoms with Crippen LogP contribution in [0, 0.1) is 18.7 Å². The third-order valence-electron chi connectivity index (χ3n) is 2.82. The molecule has 2 rings (SSSR count). The van der Waals surface area contributed by atoms with E-state index in [4.69, 9.17) is 0 Å². The summed E-state index contributed by atoms with van der Waals surface area (Å²) in [5.74, 6) is 0.422. The molecule has 0 aliphatic carbocycles. The standard InChI is InChI=1S/C15H20FN3S/c1-10(2)9-17-5-4-14-18-19-15(20-14)12-6-11(3)7-13(16)8-12/h6-8,10,17H,4-5,9H2,1-3H3. The molecule has 1 N–H and O–H groups in total. The molecular formula is C15H20FN3S. The molecule has 108 valence electrons. The van der Waals surface area contributed by atoms with Gasteiger partial charge in [0.2, 0.25) is 0 Å². The van der Waals surface area contributed by atoms with Gasteiger partial charge in [-0.15, -0.1) is 10.2 Å². The van der Waals surface area contributed by atoms with Crippen LogP contribution < -0.4 is 5.32 Å². The SMILES string of the molecule is Cc1cc(F)cc(-c2nnc(CCNCC(C)C)s2)c1. The third-order valence-corrected chi connectivity index (χ3v) is 3.86.